The molecule has 1 aliphatic rings. The molecule has 0 aliphatic carbocycles. The Hall–Kier alpha value is -2.95. The van der Waals surface area contributed by atoms with E-state index in [0.29, 0.717) is 18.7 Å². The number of fused-ring (bicyclic) bond motifs is 1. The minimum atomic E-state index is -0.271. The maximum Gasteiger partial charge on any atom is 0.265 e. The number of hydrogen-bond acceptors (Lipinski definition) is 3. The minimum Gasteiger partial charge on any atom is -0.336 e. The van der Waals surface area contributed by atoms with E-state index in [4.69, 9.17) is 0 Å². The molecular weight excluding hydrogens is 338 g/mol. The van der Waals surface area contributed by atoms with Gasteiger partial charge in [0.15, 0.2) is 0 Å². The van der Waals surface area contributed by atoms with E-state index in [1.165, 1.54) is 0 Å². The highest BCUT2D eigenvalue weighted by Gasteiger charge is 2.27. The van der Waals surface area contributed by atoms with Crippen molar-refractivity contribution in [2.24, 2.45) is 0 Å². The van der Waals surface area contributed by atoms with Gasteiger partial charge in [0.2, 0.25) is 0 Å². The van der Waals surface area contributed by atoms with Crippen LogP contribution in [0.15, 0.2) is 59.5 Å². The summed E-state index contributed by atoms with van der Waals surface area (Å²) in [6.07, 6.45) is 4.78. The minimum absolute atomic E-state index is 0.165. The van der Waals surface area contributed by atoms with Gasteiger partial charge in [0.05, 0.1) is 6.54 Å². The highest BCUT2D eigenvalue weighted by Crippen LogP contribution is 2.20. The van der Waals surface area contributed by atoms with Gasteiger partial charge < -0.3 is 4.90 Å². The lowest BCUT2D eigenvalue weighted by Gasteiger charge is -2.33. The zero-order valence-electron chi connectivity index (χ0n) is 15.5. The van der Waals surface area contributed by atoms with Gasteiger partial charge >= 0.3 is 0 Å². The lowest BCUT2D eigenvalue weighted by atomic mass is 10.0. The molecular formula is C22H23N3O2. The van der Waals surface area contributed by atoms with E-state index in [0.717, 1.165) is 30.2 Å². The molecule has 1 saturated heterocycles. The number of rotatable bonds is 3. The zero-order valence-corrected chi connectivity index (χ0v) is 15.5. The number of pyridine rings is 2. The highest BCUT2D eigenvalue weighted by atomic mass is 16.2. The number of carbonyl (C=O) groups excluding carboxylic acids is 1. The van der Waals surface area contributed by atoms with Crippen LogP contribution < -0.4 is 5.56 Å². The highest BCUT2D eigenvalue weighted by molar-refractivity contribution is 5.97. The molecule has 3 heterocycles. The fourth-order valence-corrected chi connectivity index (χ4v) is 3.83. The largest absolute Gasteiger partial charge is 0.336 e. The van der Waals surface area contributed by atoms with Gasteiger partial charge in [-0.15, -0.1) is 0 Å². The van der Waals surface area contributed by atoms with Crippen LogP contribution in [0.25, 0.3) is 11.0 Å². The molecule has 138 valence electrons. The fraction of sp³-hybridized carbons (Fsp3) is 0.318. The Bertz CT molecular complexity index is 1030. The van der Waals surface area contributed by atoms with Crippen LogP contribution in [0.5, 0.6) is 0 Å². The lowest BCUT2D eigenvalue weighted by Crippen LogP contribution is -2.44. The summed E-state index contributed by atoms with van der Waals surface area (Å²) < 4.78 is 1.62. The van der Waals surface area contributed by atoms with Gasteiger partial charge in [-0.2, -0.15) is 0 Å². The van der Waals surface area contributed by atoms with E-state index < -0.39 is 0 Å². The summed E-state index contributed by atoms with van der Waals surface area (Å²) in [5.41, 5.74) is 1.57. The van der Waals surface area contributed by atoms with Crippen LogP contribution in [0.4, 0.5) is 0 Å². The van der Waals surface area contributed by atoms with Crippen molar-refractivity contribution in [1.82, 2.24) is 14.5 Å². The van der Waals surface area contributed by atoms with Gasteiger partial charge in [0, 0.05) is 24.2 Å². The average Bonchev–Trinajstić information content (AvgIpc) is 2.70. The second kappa shape index (κ2) is 7.35. The summed E-state index contributed by atoms with van der Waals surface area (Å²) in [6, 6.07) is 15.4. The Morgan fingerprint density at radius 2 is 1.96 bits per heavy atom. The third-order valence-electron chi connectivity index (χ3n) is 5.33. The summed E-state index contributed by atoms with van der Waals surface area (Å²) in [7, 11) is 0. The molecule has 0 bridgehead atoms. The number of carbonyl (C=O) groups is 1. The first-order chi connectivity index (χ1) is 13.1. The van der Waals surface area contributed by atoms with E-state index in [1.807, 2.05) is 47.4 Å². The van der Waals surface area contributed by atoms with Crippen LogP contribution in [0.3, 0.4) is 0 Å². The standard InChI is InChI=1S/C22H23N3O2/c1-16-8-5-6-13-24(16)21(26)19-14-18-11-7-12-23-20(18)25(22(19)27)15-17-9-3-2-4-10-17/h2-4,7,9-12,14,16H,5-6,8,13,15H2,1H3/t16-/m0/s1. The lowest BCUT2D eigenvalue weighted by molar-refractivity contribution is 0.0633. The number of piperidine rings is 1. The Balaban J connectivity index is 1.83. The molecule has 1 fully saturated rings. The molecule has 1 atom stereocenters. The Morgan fingerprint density at radius 1 is 1.15 bits per heavy atom. The number of benzene rings is 1. The number of likely N-dealkylation sites (tertiary alicyclic amines) is 1. The summed E-state index contributed by atoms with van der Waals surface area (Å²) in [4.78, 5) is 32.7. The fourth-order valence-electron chi connectivity index (χ4n) is 3.83. The number of nitrogens with zero attached hydrogens (tertiary/aromatic N) is 3. The van der Waals surface area contributed by atoms with Crippen molar-refractivity contribution in [3.63, 3.8) is 0 Å². The quantitative estimate of drug-likeness (QED) is 0.718. The average molecular weight is 361 g/mol. The maximum atomic E-state index is 13.3. The van der Waals surface area contributed by atoms with Gasteiger partial charge in [0.25, 0.3) is 11.5 Å². The van der Waals surface area contributed by atoms with Gasteiger partial charge in [-0.05, 0) is 49.9 Å². The van der Waals surface area contributed by atoms with Crippen LogP contribution in [-0.4, -0.2) is 32.9 Å². The SMILES string of the molecule is C[C@H]1CCCCN1C(=O)c1cc2cccnc2n(Cc2ccccc2)c1=O. The molecule has 0 N–H and O–H groups in total. The molecule has 0 radical (unpaired) electrons. The topological polar surface area (TPSA) is 55.2 Å². The van der Waals surface area contributed by atoms with Crippen molar-refractivity contribution in [1.29, 1.82) is 0 Å². The molecule has 1 aliphatic heterocycles. The number of hydrogen-bond donors (Lipinski definition) is 0. The monoisotopic (exact) mass is 361 g/mol. The van der Waals surface area contributed by atoms with Gasteiger partial charge in [-0.1, -0.05) is 30.3 Å². The molecule has 1 amide bonds. The first-order valence-corrected chi connectivity index (χ1v) is 9.48. The van der Waals surface area contributed by atoms with E-state index in [2.05, 4.69) is 11.9 Å². The van der Waals surface area contributed by atoms with Crippen LogP contribution in [0.2, 0.25) is 0 Å². The molecule has 0 saturated carbocycles. The van der Waals surface area contributed by atoms with Crippen LogP contribution in [0, 0.1) is 0 Å². The normalized spacial score (nSPS) is 17.2. The Labute approximate surface area is 158 Å². The van der Waals surface area contributed by atoms with Crippen LogP contribution in [-0.2, 0) is 6.54 Å². The summed E-state index contributed by atoms with van der Waals surface area (Å²) in [6.45, 7) is 3.16. The van der Waals surface area contributed by atoms with Crippen molar-refractivity contribution in [3.8, 4) is 0 Å². The summed E-state index contributed by atoms with van der Waals surface area (Å²) in [5, 5.41) is 0.807. The molecule has 4 rings (SSSR count). The first-order valence-electron chi connectivity index (χ1n) is 9.48. The van der Waals surface area contributed by atoms with Gasteiger partial charge in [0.1, 0.15) is 11.2 Å². The molecule has 27 heavy (non-hydrogen) atoms. The molecule has 5 nitrogen and oxygen atoms in total. The Kier molecular flexibility index (Phi) is 4.75. The predicted octanol–water partition coefficient (Wildman–Crippen LogP) is 3.46. The van der Waals surface area contributed by atoms with Gasteiger partial charge in [-0.25, -0.2) is 4.98 Å². The molecule has 0 unspecified atom stereocenters. The maximum absolute atomic E-state index is 13.3. The molecule has 2 aromatic heterocycles. The van der Waals surface area contributed by atoms with Crippen molar-refractivity contribution < 1.29 is 4.79 Å². The second-order valence-electron chi connectivity index (χ2n) is 7.19. The smallest absolute Gasteiger partial charge is 0.265 e. The third-order valence-corrected chi connectivity index (χ3v) is 5.33. The van der Waals surface area contributed by atoms with E-state index in [-0.39, 0.29) is 23.1 Å². The molecule has 0 spiro atoms. The van der Waals surface area contributed by atoms with Crippen molar-refractivity contribution in [2.75, 3.05) is 6.54 Å². The van der Waals surface area contributed by atoms with Gasteiger partial charge in [-0.3, -0.25) is 14.2 Å². The molecule has 5 heteroatoms. The van der Waals surface area contributed by atoms with Crippen LogP contribution in [0.1, 0.15) is 42.1 Å². The zero-order chi connectivity index (χ0) is 18.8. The molecule has 1 aromatic carbocycles. The second-order valence-corrected chi connectivity index (χ2v) is 7.19. The van der Waals surface area contributed by atoms with Crippen molar-refractivity contribution in [2.45, 2.75) is 38.8 Å². The predicted molar refractivity (Wildman–Crippen MR) is 106 cm³/mol. The third kappa shape index (κ3) is 3.37. The molecule has 3 aromatic rings. The first kappa shape index (κ1) is 17.5. The summed E-state index contributed by atoms with van der Waals surface area (Å²) in [5.74, 6) is -0.167. The van der Waals surface area contributed by atoms with E-state index in [9.17, 15) is 9.59 Å². The number of aromatic nitrogens is 2. The van der Waals surface area contributed by atoms with E-state index >= 15 is 0 Å². The Morgan fingerprint density at radius 3 is 2.74 bits per heavy atom. The van der Waals surface area contributed by atoms with Crippen LogP contribution >= 0.6 is 0 Å². The number of amides is 1. The van der Waals surface area contributed by atoms with Crippen molar-refractivity contribution in [3.05, 3.63) is 76.2 Å². The van der Waals surface area contributed by atoms with E-state index in [1.54, 1.807) is 16.8 Å². The summed E-state index contributed by atoms with van der Waals surface area (Å²) >= 11 is 0. The van der Waals surface area contributed by atoms with Crippen molar-refractivity contribution >= 4 is 16.9 Å².